The molecule has 0 atom stereocenters. The molecule has 0 bridgehead atoms. The Morgan fingerprint density at radius 1 is 0.846 bits per heavy atom. The summed E-state index contributed by atoms with van der Waals surface area (Å²) in [6.07, 6.45) is 0. The second kappa shape index (κ2) is 7.52. The Hall–Kier alpha value is -2.30. The van der Waals surface area contributed by atoms with Gasteiger partial charge in [0.2, 0.25) is 0 Å². The van der Waals surface area contributed by atoms with E-state index in [1.54, 1.807) is 0 Å². The van der Waals surface area contributed by atoms with Gasteiger partial charge in [-0.15, -0.1) is 0 Å². The molecule has 4 rings (SSSR count). The maximum Gasteiger partial charge on any atom is 0.137 e. The van der Waals surface area contributed by atoms with Crippen LogP contribution in [0.4, 0.5) is 5.69 Å². The van der Waals surface area contributed by atoms with Crippen molar-refractivity contribution in [3.05, 3.63) is 77.1 Å². The highest BCUT2D eigenvalue weighted by Crippen LogP contribution is 2.25. The Balaban J connectivity index is 1.45. The number of halogens is 1. The molecule has 0 radical (unpaired) electrons. The van der Waals surface area contributed by atoms with Crippen LogP contribution in [0.3, 0.4) is 0 Å². The van der Waals surface area contributed by atoms with E-state index in [1.165, 1.54) is 5.69 Å². The van der Waals surface area contributed by atoms with Crippen molar-refractivity contribution in [1.29, 1.82) is 0 Å². The second-order valence-corrected chi connectivity index (χ2v) is 7.06. The van der Waals surface area contributed by atoms with Crippen molar-refractivity contribution in [3.8, 4) is 5.69 Å². The van der Waals surface area contributed by atoms with E-state index < -0.39 is 0 Å². The first-order valence-electron chi connectivity index (χ1n) is 9.04. The molecule has 2 aromatic carbocycles. The van der Waals surface area contributed by atoms with Gasteiger partial charge in [-0.2, -0.15) is 5.10 Å². The molecule has 2 heterocycles. The molecule has 0 amide bonds. The number of benzene rings is 2. The SMILES string of the molecule is Cc1nn(-c2ccccc2)c(Cl)c1CN1CCN(c2ccccc2)CC1. The summed E-state index contributed by atoms with van der Waals surface area (Å²) in [5.41, 5.74) is 4.44. The first-order valence-corrected chi connectivity index (χ1v) is 9.42. The van der Waals surface area contributed by atoms with Gasteiger partial charge in [-0.3, -0.25) is 4.90 Å². The Kier molecular flexibility index (Phi) is 4.96. The van der Waals surface area contributed by atoms with Crippen LogP contribution in [0.5, 0.6) is 0 Å². The predicted octanol–water partition coefficient (Wildman–Crippen LogP) is 4.16. The molecule has 1 aliphatic rings. The van der Waals surface area contributed by atoms with Gasteiger partial charge in [0.15, 0.2) is 0 Å². The summed E-state index contributed by atoms with van der Waals surface area (Å²) in [6, 6.07) is 20.7. The monoisotopic (exact) mass is 366 g/mol. The lowest BCUT2D eigenvalue weighted by Crippen LogP contribution is -2.46. The highest BCUT2D eigenvalue weighted by Gasteiger charge is 2.21. The van der Waals surface area contributed by atoms with Crippen LogP contribution in [0.1, 0.15) is 11.3 Å². The van der Waals surface area contributed by atoms with Crippen LogP contribution < -0.4 is 4.90 Å². The maximum absolute atomic E-state index is 6.67. The normalized spacial score (nSPS) is 15.4. The van der Waals surface area contributed by atoms with Gasteiger partial charge in [-0.05, 0) is 31.2 Å². The van der Waals surface area contributed by atoms with Gasteiger partial charge in [0, 0.05) is 44.0 Å². The molecule has 3 aromatic rings. The number of anilines is 1. The van der Waals surface area contributed by atoms with E-state index in [1.807, 2.05) is 41.9 Å². The van der Waals surface area contributed by atoms with Crippen LogP contribution in [0.15, 0.2) is 60.7 Å². The van der Waals surface area contributed by atoms with Crippen LogP contribution in [-0.2, 0) is 6.54 Å². The van der Waals surface area contributed by atoms with E-state index in [2.05, 4.69) is 45.2 Å². The van der Waals surface area contributed by atoms with Gasteiger partial charge in [0.1, 0.15) is 5.15 Å². The second-order valence-electron chi connectivity index (χ2n) is 6.70. The third kappa shape index (κ3) is 3.48. The van der Waals surface area contributed by atoms with Crippen molar-refractivity contribution in [2.45, 2.75) is 13.5 Å². The standard InChI is InChI=1S/C21H23ClN4/c1-17-20(21(22)26(23-17)19-10-6-3-7-11-19)16-24-12-14-25(15-13-24)18-8-4-2-5-9-18/h2-11H,12-16H2,1H3. The molecule has 0 aliphatic carbocycles. The molecule has 5 heteroatoms. The minimum atomic E-state index is 0.721. The lowest BCUT2D eigenvalue weighted by molar-refractivity contribution is 0.249. The number of aryl methyl sites for hydroxylation is 1. The quantitative estimate of drug-likeness (QED) is 0.693. The number of para-hydroxylation sites is 2. The van der Waals surface area contributed by atoms with Gasteiger partial charge in [-0.1, -0.05) is 48.0 Å². The molecule has 1 aliphatic heterocycles. The summed E-state index contributed by atoms with van der Waals surface area (Å²) in [4.78, 5) is 4.91. The van der Waals surface area contributed by atoms with E-state index in [9.17, 15) is 0 Å². The fourth-order valence-electron chi connectivity index (χ4n) is 3.48. The van der Waals surface area contributed by atoms with Crippen molar-refractivity contribution in [1.82, 2.24) is 14.7 Å². The highest BCUT2D eigenvalue weighted by atomic mass is 35.5. The highest BCUT2D eigenvalue weighted by molar-refractivity contribution is 6.30. The molecule has 4 nitrogen and oxygen atoms in total. The van der Waals surface area contributed by atoms with Crippen LogP contribution in [-0.4, -0.2) is 40.9 Å². The fraction of sp³-hybridized carbons (Fsp3) is 0.286. The van der Waals surface area contributed by atoms with Crippen molar-refractivity contribution in [2.75, 3.05) is 31.1 Å². The molecule has 0 spiro atoms. The van der Waals surface area contributed by atoms with Crippen molar-refractivity contribution in [3.63, 3.8) is 0 Å². The first-order chi connectivity index (χ1) is 12.7. The minimum absolute atomic E-state index is 0.721. The Bertz CT molecular complexity index is 852. The summed E-state index contributed by atoms with van der Waals surface area (Å²) >= 11 is 6.67. The molecule has 0 saturated carbocycles. The van der Waals surface area contributed by atoms with Crippen LogP contribution in [0, 0.1) is 6.92 Å². The maximum atomic E-state index is 6.67. The Morgan fingerprint density at radius 3 is 2.04 bits per heavy atom. The number of hydrogen-bond acceptors (Lipinski definition) is 3. The van der Waals surface area contributed by atoms with E-state index in [0.29, 0.717) is 0 Å². The molecule has 0 unspecified atom stereocenters. The molecular weight excluding hydrogens is 344 g/mol. The molecule has 0 N–H and O–H groups in total. The summed E-state index contributed by atoms with van der Waals surface area (Å²) in [5.74, 6) is 0. The largest absolute Gasteiger partial charge is 0.369 e. The smallest absolute Gasteiger partial charge is 0.137 e. The number of hydrogen-bond donors (Lipinski definition) is 0. The average Bonchev–Trinajstić information content (AvgIpc) is 2.98. The van der Waals surface area contributed by atoms with Crippen LogP contribution in [0.2, 0.25) is 5.15 Å². The molecule has 1 saturated heterocycles. The third-order valence-electron chi connectivity index (χ3n) is 5.00. The molecule has 134 valence electrons. The third-order valence-corrected chi connectivity index (χ3v) is 5.39. The Morgan fingerprint density at radius 2 is 1.42 bits per heavy atom. The summed E-state index contributed by atoms with van der Waals surface area (Å²) in [5, 5.41) is 5.38. The number of nitrogens with zero attached hydrogens (tertiary/aromatic N) is 4. The number of piperazine rings is 1. The molecular formula is C21H23ClN4. The van der Waals surface area contributed by atoms with Gasteiger partial charge in [0.25, 0.3) is 0 Å². The lowest BCUT2D eigenvalue weighted by atomic mass is 10.2. The van der Waals surface area contributed by atoms with Crippen LogP contribution in [0.25, 0.3) is 5.69 Å². The fourth-order valence-corrected chi connectivity index (χ4v) is 3.81. The van der Waals surface area contributed by atoms with Crippen molar-refractivity contribution in [2.24, 2.45) is 0 Å². The van der Waals surface area contributed by atoms with Gasteiger partial charge in [0.05, 0.1) is 11.4 Å². The summed E-state index contributed by atoms with van der Waals surface area (Å²) in [6.45, 7) is 7.02. The molecule has 26 heavy (non-hydrogen) atoms. The van der Waals surface area contributed by atoms with E-state index in [0.717, 1.165) is 54.8 Å². The zero-order valence-corrected chi connectivity index (χ0v) is 15.7. The topological polar surface area (TPSA) is 24.3 Å². The van der Waals surface area contributed by atoms with Gasteiger partial charge >= 0.3 is 0 Å². The van der Waals surface area contributed by atoms with E-state index >= 15 is 0 Å². The summed E-state index contributed by atoms with van der Waals surface area (Å²) < 4.78 is 1.84. The van der Waals surface area contributed by atoms with Gasteiger partial charge in [-0.25, -0.2) is 4.68 Å². The zero-order chi connectivity index (χ0) is 17.9. The van der Waals surface area contributed by atoms with E-state index in [-0.39, 0.29) is 0 Å². The van der Waals surface area contributed by atoms with Gasteiger partial charge < -0.3 is 4.90 Å². The first kappa shape index (κ1) is 17.1. The molecule has 1 aromatic heterocycles. The Labute approximate surface area is 159 Å². The number of rotatable bonds is 4. The van der Waals surface area contributed by atoms with E-state index in [4.69, 9.17) is 11.6 Å². The average molecular weight is 367 g/mol. The van der Waals surface area contributed by atoms with Crippen molar-refractivity contribution < 1.29 is 0 Å². The molecule has 1 fully saturated rings. The predicted molar refractivity (Wildman–Crippen MR) is 107 cm³/mol. The minimum Gasteiger partial charge on any atom is -0.369 e. The van der Waals surface area contributed by atoms with Crippen LogP contribution >= 0.6 is 11.6 Å². The number of aromatic nitrogens is 2. The van der Waals surface area contributed by atoms with Crippen molar-refractivity contribution >= 4 is 17.3 Å². The summed E-state index contributed by atoms with van der Waals surface area (Å²) in [7, 11) is 0. The lowest BCUT2D eigenvalue weighted by Gasteiger charge is -2.36. The zero-order valence-electron chi connectivity index (χ0n) is 15.0.